The van der Waals surface area contributed by atoms with E-state index in [4.69, 9.17) is 11.6 Å². The van der Waals surface area contributed by atoms with Crippen molar-refractivity contribution < 1.29 is 4.79 Å². The second-order valence-corrected chi connectivity index (χ2v) is 6.46. The van der Waals surface area contributed by atoms with Gasteiger partial charge in [0.2, 0.25) is 0 Å². The molecule has 0 spiro atoms. The molecular weight excluding hydrogens is 324 g/mol. The number of aromatic nitrogens is 3. The maximum Gasteiger partial charge on any atom is 0.256 e. The molecule has 6 heteroatoms. The van der Waals surface area contributed by atoms with Crippen molar-refractivity contribution in [2.24, 2.45) is 0 Å². The number of rotatable bonds is 2. The number of piperidine rings is 1. The Morgan fingerprint density at radius 1 is 1.25 bits per heavy atom. The van der Waals surface area contributed by atoms with Crippen LogP contribution in [-0.2, 0) is 0 Å². The van der Waals surface area contributed by atoms with Gasteiger partial charge in [-0.15, -0.1) is 0 Å². The third kappa shape index (κ3) is 2.65. The van der Waals surface area contributed by atoms with Gasteiger partial charge in [0.25, 0.3) is 5.91 Å². The Bertz CT molecular complexity index is 878. The van der Waals surface area contributed by atoms with E-state index >= 15 is 0 Å². The molecule has 0 saturated carbocycles. The topological polar surface area (TPSA) is 51.0 Å². The van der Waals surface area contributed by atoms with E-state index in [2.05, 4.69) is 14.5 Å². The summed E-state index contributed by atoms with van der Waals surface area (Å²) in [5.41, 5.74) is 1.28. The lowest BCUT2D eigenvalue weighted by Gasteiger charge is -2.33. The minimum atomic E-state index is 0.0141. The van der Waals surface area contributed by atoms with Crippen LogP contribution in [0.25, 0.3) is 10.9 Å². The Balaban J connectivity index is 1.65. The second-order valence-electron chi connectivity index (χ2n) is 6.05. The molecule has 0 radical (unpaired) electrons. The Morgan fingerprint density at radius 3 is 3.00 bits per heavy atom. The quantitative estimate of drug-likeness (QED) is 0.716. The van der Waals surface area contributed by atoms with Crippen LogP contribution >= 0.6 is 11.6 Å². The number of nitrogens with zero attached hydrogens (tertiary/aromatic N) is 4. The van der Waals surface area contributed by atoms with Crippen molar-refractivity contribution in [3.05, 3.63) is 59.8 Å². The van der Waals surface area contributed by atoms with E-state index in [9.17, 15) is 4.79 Å². The molecule has 5 nitrogen and oxygen atoms in total. The molecule has 0 bridgehead atoms. The van der Waals surface area contributed by atoms with Gasteiger partial charge < -0.3 is 9.47 Å². The summed E-state index contributed by atoms with van der Waals surface area (Å²) < 4.78 is 2.08. The fraction of sp³-hybridized carbons (Fsp3) is 0.278. The number of hydrogen-bond acceptors (Lipinski definition) is 3. The van der Waals surface area contributed by atoms with Crippen LogP contribution in [0.5, 0.6) is 0 Å². The smallest absolute Gasteiger partial charge is 0.256 e. The van der Waals surface area contributed by atoms with E-state index in [-0.39, 0.29) is 11.9 Å². The Hall–Kier alpha value is -2.40. The van der Waals surface area contributed by atoms with Crippen molar-refractivity contribution in [2.75, 3.05) is 13.1 Å². The average Bonchev–Trinajstić information content (AvgIpc) is 3.17. The number of carbonyl (C=O) groups excluding carboxylic acids is 1. The molecule has 122 valence electrons. The van der Waals surface area contributed by atoms with E-state index in [0.29, 0.717) is 22.6 Å². The van der Waals surface area contributed by atoms with Crippen molar-refractivity contribution in [3.63, 3.8) is 0 Å². The van der Waals surface area contributed by atoms with Crippen molar-refractivity contribution >= 4 is 28.4 Å². The summed E-state index contributed by atoms with van der Waals surface area (Å²) >= 11 is 6.24. The summed E-state index contributed by atoms with van der Waals surface area (Å²) in [6, 6.07) is 7.55. The highest BCUT2D eigenvalue weighted by atomic mass is 35.5. The van der Waals surface area contributed by atoms with Crippen molar-refractivity contribution in [2.45, 2.75) is 18.9 Å². The molecule has 1 saturated heterocycles. The lowest BCUT2D eigenvalue weighted by atomic mass is 10.0. The number of hydrogen-bond donors (Lipinski definition) is 0. The standard InChI is InChI=1S/C18H17ClN4O/c19-16-6-5-15(17-14(16)4-1-7-21-17)18(24)22-9-2-3-13(11-22)23-10-8-20-12-23/h1,4-8,10,12-13H,2-3,9,11H2. The fourth-order valence-electron chi connectivity index (χ4n) is 3.35. The molecule has 1 unspecified atom stereocenters. The van der Waals surface area contributed by atoms with Gasteiger partial charge in [-0.05, 0) is 37.1 Å². The number of halogens is 1. The van der Waals surface area contributed by atoms with Crippen LogP contribution in [-0.4, -0.2) is 38.4 Å². The van der Waals surface area contributed by atoms with Gasteiger partial charge in [0.05, 0.1) is 28.5 Å². The van der Waals surface area contributed by atoms with Gasteiger partial charge in [0.1, 0.15) is 0 Å². The number of likely N-dealkylation sites (tertiary alicyclic amines) is 1. The highest BCUT2D eigenvalue weighted by Crippen LogP contribution is 2.28. The van der Waals surface area contributed by atoms with Crippen LogP contribution in [0.15, 0.2) is 49.2 Å². The van der Waals surface area contributed by atoms with E-state index < -0.39 is 0 Å². The Kier molecular flexibility index (Phi) is 3.94. The van der Waals surface area contributed by atoms with Crippen molar-refractivity contribution in [3.8, 4) is 0 Å². The summed E-state index contributed by atoms with van der Waals surface area (Å²) in [5, 5.41) is 1.43. The predicted octanol–water partition coefficient (Wildman–Crippen LogP) is 3.56. The third-order valence-corrected chi connectivity index (χ3v) is 4.91. The Morgan fingerprint density at radius 2 is 2.17 bits per heavy atom. The largest absolute Gasteiger partial charge is 0.337 e. The second kappa shape index (κ2) is 6.24. The first-order chi connectivity index (χ1) is 11.7. The van der Waals surface area contributed by atoms with Gasteiger partial charge in [-0.2, -0.15) is 0 Å². The zero-order chi connectivity index (χ0) is 16.5. The number of imidazole rings is 1. The summed E-state index contributed by atoms with van der Waals surface area (Å²) in [6.45, 7) is 1.45. The average molecular weight is 341 g/mol. The fourth-order valence-corrected chi connectivity index (χ4v) is 3.56. The maximum absolute atomic E-state index is 13.1. The lowest BCUT2D eigenvalue weighted by molar-refractivity contribution is 0.0681. The van der Waals surface area contributed by atoms with E-state index in [0.717, 1.165) is 24.8 Å². The molecule has 1 aliphatic rings. The number of carbonyl (C=O) groups is 1. The van der Waals surface area contributed by atoms with Crippen molar-refractivity contribution in [1.29, 1.82) is 0 Å². The van der Waals surface area contributed by atoms with Gasteiger partial charge in [0, 0.05) is 37.1 Å². The summed E-state index contributed by atoms with van der Waals surface area (Å²) in [5.74, 6) is 0.0141. The molecule has 2 aromatic heterocycles. The first kappa shape index (κ1) is 15.1. The van der Waals surface area contributed by atoms with Gasteiger partial charge in [0.15, 0.2) is 0 Å². The molecule has 1 amide bonds. The molecule has 24 heavy (non-hydrogen) atoms. The number of benzene rings is 1. The minimum absolute atomic E-state index is 0.0141. The zero-order valence-corrected chi connectivity index (χ0v) is 13.9. The van der Waals surface area contributed by atoms with E-state index in [1.165, 1.54) is 0 Å². The number of pyridine rings is 1. The Labute approximate surface area is 144 Å². The van der Waals surface area contributed by atoms with Crippen LogP contribution < -0.4 is 0 Å². The number of fused-ring (bicyclic) bond motifs is 1. The van der Waals surface area contributed by atoms with Crippen LogP contribution in [0, 0.1) is 0 Å². The van der Waals surface area contributed by atoms with Gasteiger partial charge >= 0.3 is 0 Å². The number of amides is 1. The van der Waals surface area contributed by atoms with Crippen LogP contribution in [0.1, 0.15) is 29.2 Å². The predicted molar refractivity (Wildman–Crippen MR) is 93.2 cm³/mol. The molecule has 3 heterocycles. The molecule has 1 fully saturated rings. The van der Waals surface area contributed by atoms with Crippen molar-refractivity contribution in [1.82, 2.24) is 19.4 Å². The first-order valence-electron chi connectivity index (χ1n) is 8.04. The van der Waals surface area contributed by atoms with Gasteiger partial charge in [-0.3, -0.25) is 9.78 Å². The zero-order valence-electron chi connectivity index (χ0n) is 13.1. The van der Waals surface area contributed by atoms with Gasteiger partial charge in [-0.25, -0.2) is 4.98 Å². The molecule has 1 atom stereocenters. The first-order valence-corrected chi connectivity index (χ1v) is 8.42. The summed E-state index contributed by atoms with van der Waals surface area (Å²) in [4.78, 5) is 23.5. The molecule has 0 aliphatic carbocycles. The molecule has 1 aliphatic heterocycles. The third-order valence-electron chi connectivity index (χ3n) is 4.58. The lowest BCUT2D eigenvalue weighted by Crippen LogP contribution is -2.40. The highest BCUT2D eigenvalue weighted by molar-refractivity contribution is 6.36. The monoisotopic (exact) mass is 340 g/mol. The molecule has 1 aromatic carbocycles. The summed E-state index contributed by atoms with van der Waals surface area (Å²) in [7, 11) is 0. The van der Waals surface area contributed by atoms with Gasteiger partial charge in [-0.1, -0.05) is 11.6 Å². The van der Waals surface area contributed by atoms with Crippen LogP contribution in [0.2, 0.25) is 5.02 Å². The SMILES string of the molecule is O=C(c1ccc(Cl)c2cccnc12)N1CCCC(n2ccnc2)C1. The normalized spacial score (nSPS) is 18.0. The minimum Gasteiger partial charge on any atom is -0.337 e. The highest BCUT2D eigenvalue weighted by Gasteiger charge is 2.26. The van der Waals surface area contributed by atoms with Crippen LogP contribution in [0.4, 0.5) is 0 Å². The molecule has 4 rings (SSSR count). The van der Waals surface area contributed by atoms with Crippen LogP contribution in [0.3, 0.4) is 0 Å². The van der Waals surface area contributed by atoms with E-state index in [1.54, 1.807) is 24.5 Å². The van der Waals surface area contributed by atoms with E-state index in [1.807, 2.05) is 29.6 Å². The molecule has 3 aromatic rings. The molecular formula is C18H17ClN4O. The maximum atomic E-state index is 13.1. The molecule has 0 N–H and O–H groups in total. The summed E-state index contributed by atoms with van der Waals surface area (Å²) in [6.07, 6.45) is 9.28.